The van der Waals surface area contributed by atoms with Crippen LogP contribution in [0.1, 0.15) is 77.6 Å². The smallest absolute Gasteiger partial charge is 0.224 e. The van der Waals surface area contributed by atoms with Crippen LogP contribution in [0.5, 0.6) is 0 Å². The van der Waals surface area contributed by atoms with Crippen molar-refractivity contribution in [3.63, 3.8) is 0 Å². The Morgan fingerprint density at radius 3 is 2.57 bits per heavy atom. The number of carbonyl (C=O) groups excluding carboxylic acids is 1. The van der Waals surface area contributed by atoms with Crippen LogP contribution < -0.4 is 5.73 Å². The van der Waals surface area contributed by atoms with E-state index in [0.717, 1.165) is 31.2 Å². The lowest BCUT2D eigenvalue weighted by Crippen LogP contribution is -2.55. The summed E-state index contributed by atoms with van der Waals surface area (Å²) in [6.07, 6.45) is 12.7. The van der Waals surface area contributed by atoms with Crippen molar-refractivity contribution < 1.29 is 4.79 Å². The first-order chi connectivity index (χ1) is 10.1. The molecule has 3 unspecified atom stereocenters. The van der Waals surface area contributed by atoms with Crippen LogP contribution in [0.4, 0.5) is 0 Å². The minimum Gasteiger partial charge on any atom is -0.339 e. The molecule has 1 aliphatic heterocycles. The fraction of sp³-hybridized carbons (Fsp3) is 0.944. The highest BCUT2D eigenvalue weighted by molar-refractivity contribution is 5.78. The topological polar surface area (TPSA) is 46.3 Å². The molecule has 3 fully saturated rings. The third-order valence-corrected chi connectivity index (χ3v) is 6.41. The summed E-state index contributed by atoms with van der Waals surface area (Å²) in [5.41, 5.74) is 6.31. The number of carbonyl (C=O) groups is 1. The van der Waals surface area contributed by atoms with Crippen molar-refractivity contribution in [3.8, 4) is 0 Å². The zero-order valence-electron chi connectivity index (χ0n) is 13.7. The monoisotopic (exact) mass is 292 g/mol. The Hall–Kier alpha value is -0.570. The molecule has 2 saturated carbocycles. The fourth-order valence-corrected chi connectivity index (χ4v) is 5.06. The van der Waals surface area contributed by atoms with Gasteiger partial charge in [0.15, 0.2) is 0 Å². The van der Waals surface area contributed by atoms with E-state index < -0.39 is 0 Å². The Labute approximate surface area is 129 Å². The number of hydrogen-bond acceptors (Lipinski definition) is 2. The number of rotatable bonds is 2. The molecule has 120 valence electrons. The highest BCUT2D eigenvalue weighted by Crippen LogP contribution is 2.39. The van der Waals surface area contributed by atoms with E-state index in [2.05, 4.69) is 11.8 Å². The minimum atomic E-state index is -0.206. The van der Waals surface area contributed by atoms with E-state index in [0.29, 0.717) is 18.4 Å². The second-order valence-corrected chi connectivity index (χ2v) is 7.97. The van der Waals surface area contributed by atoms with Crippen molar-refractivity contribution >= 4 is 5.91 Å². The van der Waals surface area contributed by atoms with Gasteiger partial charge in [0.25, 0.3) is 0 Å². The lowest BCUT2D eigenvalue weighted by atomic mass is 9.72. The Kier molecular flexibility index (Phi) is 4.58. The summed E-state index contributed by atoms with van der Waals surface area (Å²) in [6, 6.07) is 0.516. The number of amides is 1. The number of nitrogens with zero attached hydrogens (tertiary/aromatic N) is 1. The lowest BCUT2D eigenvalue weighted by Gasteiger charge is -2.48. The van der Waals surface area contributed by atoms with Gasteiger partial charge in [0.05, 0.1) is 0 Å². The highest BCUT2D eigenvalue weighted by Gasteiger charge is 2.41. The first-order valence-electron chi connectivity index (χ1n) is 9.17. The van der Waals surface area contributed by atoms with Gasteiger partial charge in [-0.15, -0.1) is 0 Å². The maximum Gasteiger partial charge on any atom is 0.224 e. The molecule has 3 heteroatoms. The maximum absolute atomic E-state index is 12.9. The average Bonchev–Trinajstić information content (AvgIpc) is 2.48. The van der Waals surface area contributed by atoms with Crippen molar-refractivity contribution in [2.24, 2.45) is 17.6 Å². The van der Waals surface area contributed by atoms with E-state index >= 15 is 0 Å². The predicted octanol–water partition coefficient (Wildman–Crippen LogP) is 3.47. The number of fused-ring (bicyclic) bond motifs is 1. The number of likely N-dealkylation sites (tertiary alicyclic amines) is 1. The average molecular weight is 292 g/mol. The molecule has 0 aromatic rings. The standard InChI is InChI=1S/C18H32N2O/c1-14-9-12-20(16-8-4-3-7-15(14)16)17(21)13-18(19)10-5-2-6-11-18/h14-16H,2-13,19H2,1H3. The van der Waals surface area contributed by atoms with Gasteiger partial charge in [-0.2, -0.15) is 0 Å². The largest absolute Gasteiger partial charge is 0.339 e. The van der Waals surface area contributed by atoms with E-state index in [-0.39, 0.29) is 5.54 Å². The molecule has 3 aliphatic rings. The number of hydrogen-bond donors (Lipinski definition) is 1. The fourth-order valence-electron chi connectivity index (χ4n) is 5.06. The molecule has 1 heterocycles. The summed E-state index contributed by atoms with van der Waals surface area (Å²) in [7, 11) is 0. The summed E-state index contributed by atoms with van der Waals surface area (Å²) < 4.78 is 0. The van der Waals surface area contributed by atoms with E-state index in [1.54, 1.807) is 0 Å². The molecule has 0 bridgehead atoms. The highest BCUT2D eigenvalue weighted by atomic mass is 16.2. The van der Waals surface area contributed by atoms with Gasteiger partial charge in [0, 0.05) is 24.5 Å². The van der Waals surface area contributed by atoms with Gasteiger partial charge < -0.3 is 10.6 Å². The van der Waals surface area contributed by atoms with Crippen LogP contribution in [0.25, 0.3) is 0 Å². The Morgan fingerprint density at radius 2 is 1.81 bits per heavy atom. The maximum atomic E-state index is 12.9. The van der Waals surface area contributed by atoms with E-state index in [1.165, 1.54) is 51.4 Å². The van der Waals surface area contributed by atoms with Crippen molar-refractivity contribution in [2.45, 2.75) is 89.1 Å². The summed E-state index contributed by atoms with van der Waals surface area (Å²) in [5, 5.41) is 0. The molecule has 0 aromatic carbocycles. The second kappa shape index (κ2) is 6.28. The molecule has 3 nitrogen and oxygen atoms in total. The van der Waals surface area contributed by atoms with Crippen LogP contribution in [0.3, 0.4) is 0 Å². The van der Waals surface area contributed by atoms with Crippen molar-refractivity contribution in [1.29, 1.82) is 0 Å². The van der Waals surface area contributed by atoms with Crippen molar-refractivity contribution in [1.82, 2.24) is 4.90 Å². The molecule has 1 saturated heterocycles. The molecule has 3 rings (SSSR count). The Morgan fingerprint density at radius 1 is 1.10 bits per heavy atom. The van der Waals surface area contributed by atoms with E-state index in [4.69, 9.17) is 5.73 Å². The molecule has 0 spiro atoms. The molecular formula is C18H32N2O. The van der Waals surface area contributed by atoms with Gasteiger partial charge in [-0.25, -0.2) is 0 Å². The molecular weight excluding hydrogens is 260 g/mol. The summed E-state index contributed by atoms with van der Waals surface area (Å²) in [6.45, 7) is 3.35. The molecule has 0 radical (unpaired) electrons. The first kappa shape index (κ1) is 15.3. The number of nitrogens with two attached hydrogens (primary N) is 1. The lowest BCUT2D eigenvalue weighted by molar-refractivity contribution is -0.140. The van der Waals surface area contributed by atoms with Crippen molar-refractivity contribution in [3.05, 3.63) is 0 Å². The van der Waals surface area contributed by atoms with E-state index in [9.17, 15) is 4.79 Å². The van der Waals surface area contributed by atoms with Gasteiger partial charge in [-0.05, 0) is 43.9 Å². The molecule has 0 aromatic heterocycles. The van der Waals surface area contributed by atoms with Gasteiger partial charge in [-0.1, -0.05) is 39.0 Å². The second-order valence-electron chi connectivity index (χ2n) is 7.97. The number of piperidine rings is 1. The van der Waals surface area contributed by atoms with Crippen LogP contribution in [0, 0.1) is 11.8 Å². The SMILES string of the molecule is CC1CCN(C(=O)CC2(N)CCCCC2)C2CCCCC12. The molecule has 1 amide bonds. The normalized spacial score (nSPS) is 36.1. The van der Waals surface area contributed by atoms with Gasteiger partial charge in [-0.3, -0.25) is 4.79 Å². The Bertz CT molecular complexity index is 375. The molecule has 21 heavy (non-hydrogen) atoms. The third kappa shape index (κ3) is 3.28. The molecule has 2 aliphatic carbocycles. The zero-order valence-corrected chi connectivity index (χ0v) is 13.7. The summed E-state index contributed by atoms with van der Waals surface area (Å²) in [4.78, 5) is 15.1. The predicted molar refractivity (Wildman–Crippen MR) is 85.9 cm³/mol. The molecule has 2 N–H and O–H groups in total. The quantitative estimate of drug-likeness (QED) is 0.847. The van der Waals surface area contributed by atoms with Gasteiger partial charge in [0.2, 0.25) is 5.91 Å². The Balaban J connectivity index is 1.65. The first-order valence-corrected chi connectivity index (χ1v) is 9.17. The van der Waals surface area contributed by atoms with Crippen LogP contribution in [0.15, 0.2) is 0 Å². The van der Waals surface area contributed by atoms with Crippen LogP contribution in [0.2, 0.25) is 0 Å². The van der Waals surface area contributed by atoms with Crippen molar-refractivity contribution in [2.75, 3.05) is 6.54 Å². The molecule has 3 atom stereocenters. The van der Waals surface area contributed by atoms with Crippen LogP contribution >= 0.6 is 0 Å². The third-order valence-electron chi connectivity index (χ3n) is 6.41. The van der Waals surface area contributed by atoms with Gasteiger partial charge >= 0.3 is 0 Å². The zero-order chi connectivity index (χ0) is 14.9. The minimum absolute atomic E-state index is 0.206. The van der Waals surface area contributed by atoms with Crippen LogP contribution in [-0.2, 0) is 4.79 Å². The van der Waals surface area contributed by atoms with E-state index in [1.807, 2.05) is 0 Å². The van der Waals surface area contributed by atoms with Crippen LogP contribution in [-0.4, -0.2) is 28.9 Å². The summed E-state index contributed by atoms with van der Waals surface area (Å²) >= 11 is 0. The van der Waals surface area contributed by atoms with Gasteiger partial charge in [0.1, 0.15) is 0 Å². The summed E-state index contributed by atoms with van der Waals surface area (Å²) in [5.74, 6) is 1.89.